The van der Waals surface area contributed by atoms with E-state index in [1.54, 1.807) is 25.1 Å². The number of hydrogen-bond donors (Lipinski definition) is 3. The molecule has 0 atom stereocenters. The monoisotopic (exact) mass is 325 g/mol. The van der Waals surface area contributed by atoms with Gasteiger partial charge in [-0.3, -0.25) is 9.89 Å². The summed E-state index contributed by atoms with van der Waals surface area (Å²) in [6.45, 7) is 3.71. The lowest BCUT2D eigenvalue weighted by Gasteiger charge is -2.06. The van der Waals surface area contributed by atoms with E-state index < -0.39 is 11.7 Å². The number of para-hydroxylation sites is 1. The molecule has 3 N–H and O–H groups in total. The molecular formula is C18H16FN3O2. The highest BCUT2D eigenvalue weighted by atomic mass is 19.1. The number of halogens is 1. The van der Waals surface area contributed by atoms with E-state index in [9.17, 15) is 14.3 Å². The number of aromatic hydroxyl groups is 1. The lowest BCUT2D eigenvalue weighted by atomic mass is 10.0. The van der Waals surface area contributed by atoms with Gasteiger partial charge in [0.2, 0.25) is 0 Å². The molecule has 1 aromatic heterocycles. The van der Waals surface area contributed by atoms with Crippen molar-refractivity contribution < 1.29 is 14.3 Å². The number of nitrogens with one attached hydrogen (secondary N) is 2. The number of H-pyrrole nitrogens is 1. The minimum absolute atomic E-state index is 0.0906. The molecule has 3 rings (SSSR count). The van der Waals surface area contributed by atoms with Crippen LogP contribution in [0.1, 0.15) is 21.6 Å². The molecule has 2 aromatic carbocycles. The van der Waals surface area contributed by atoms with Crippen LogP contribution in [0.4, 0.5) is 10.1 Å². The van der Waals surface area contributed by atoms with Gasteiger partial charge in [0.15, 0.2) is 0 Å². The van der Waals surface area contributed by atoms with Gasteiger partial charge in [0.05, 0.1) is 11.4 Å². The molecule has 5 nitrogen and oxygen atoms in total. The van der Waals surface area contributed by atoms with Gasteiger partial charge in [-0.25, -0.2) is 4.39 Å². The summed E-state index contributed by atoms with van der Waals surface area (Å²) in [6, 6.07) is 11.1. The minimum atomic E-state index is -0.516. The Morgan fingerprint density at radius 3 is 2.71 bits per heavy atom. The predicted molar refractivity (Wildman–Crippen MR) is 89.5 cm³/mol. The van der Waals surface area contributed by atoms with E-state index in [0.717, 1.165) is 11.1 Å². The summed E-state index contributed by atoms with van der Waals surface area (Å²) >= 11 is 0. The number of nitrogens with zero attached hydrogens (tertiary/aromatic N) is 1. The van der Waals surface area contributed by atoms with Gasteiger partial charge < -0.3 is 10.4 Å². The van der Waals surface area contributed by atoms with Crippen LogP contribution >= 0.6 is 0 Å². The fourth-order valence-corrected chi connectivity index (χ4v) is 2.48. The van der Waals surface area contributed by atoms with Gasteiger partial charge >= 0.3 is 0 Å². The van der Waals surface area contributed by atoms with Crippen LogP contribution < -0.4 is 5.32 Å². The van der Waals surface area contributed by atoms with E-state index in [0.29, 0.717) is 11.3 Å². The maximum atomic E-state index is 13.6. The number of carbonyl (C=O) groups is 1. The highest BCUT2D eigenvalue weighted by Gasteiger charge is 2.16. The number of phenolic OH excluding ortho intramolecular Hbond substituents is 1. The Balaban J connectivity index is 1.89. The van der Waals surface area contributed by atoms with Crippen LogP contribution in [0.5, 0.6) is 5.75 Å². The summed E-state index contributed by atoms with van der Waals surface area (Å²) in [5.74, 6) is -0.909. The van der Waals surface area contributed by atoms with Crippen molar-refractivity contribution in [2.45, 2.75) is 13.8 Å². The lowest BCUT2D eigenvalue weighted by Crippen LogP contribution is -2.13. The second kappa shape index (κ2) is 6.16. The zero-order valence-electron chi connectivity index (χ0n) is 13.2. The van der Waals surface area contributed by atoms with Crippen LogP contribution in [0.2, 0.25) is 0 Å². The average molecular weight is 325 g/mol. The van der Waals surface area contributed by atoms with Crippen molar-refractivity contribution in [3.8, 4) is 17.0 Å². The molecule has 1 heterocycles. The van der Waals surface area contributed by atoms with Crippen molar-refractivity contribution >= 4 is 11.6 Å². The quantitative estimate of drug-likeness (QED) is 0.685. The highest BCUT2D eigenvalue weighted by Crippen LogP contribution is 2.32. The Hall–Kier alpha value is -3.15. The van der Waals surface area contributed by atoms with Crippen LogP contribution in [-0.2, 0) is 0 Å². The molecule has 0 fully saturated rings. The molecule has 0 bridgehead atoms. The van der Waals surface area contributed by atoms with E-state index >= 15 is 0 Å². The zero-order valence-corrected chi connectivity index (χ0v) is 13.2. The number of aromatic nitrogens is 2. The van der Waals surface area contributed by atoms with Gasteiger partial charge in [-0.2, -0.15) is 5.10 Å². The predicted octanol–water partition coefficient (Wildman–Crippen LogP) is 3.79. The number of aryl methyl sites for hydroxylation is 2. The van der Waals surface area contributed by atoms with E-state index in [1.165, 1.54) is 18.2 Å². The Kier molecular flexibility index (Phi) is 4.04. The molecular weight excluding hydrogens is 309 g/mol. The van der Waals surface area contributed by atoms with Crippen molar-refractivity contribution in [3.05, 3.63) is 65.1 Å². The van der Waals surface area contributed by atoms with Crippen molar-refractivity contribution in [2.24, 2.45) is 0 Å². The van der Waals surface area contributed by atoms with E-state index in [2.05, 4.69) is 15.5 Å². The molecule has 0 unspecified atom stereocenters. The largest absolute Gasteiger partial charge is 0.507 e. The highest BCUT2D eigenvalue weighted by molar-refractivity contribution is 6.03. The van der Waals surface area contributed by atoms with Crippen LogP contribution in [0.25, 0.3) is 11.3 Å². The first-order chi connectivity index (χ1) is 11.5. The molecule has 0 saturated carbocycles. The molecule has 6 heteroatoms. The molecule has 122 valence electrons. The first-order valence-electron chi connectivity index (χ1n) is 7.37. The Labute approximate surface area is 138 Å². The van der Waals surface area contributed by atoms with Gasteiger partial charge in [-0.15, -0.1) is 0 Å². The third-order valence-electron chi connectivity index (χ3n) is 3.67. The summed E-state index contributed by atoms with van der Waals surface area (Å²) in [5, 5.41) is 19.4. The van der Waals surface area contributed by atoms with Gasteiger partial charge in [0.1, 0.15) is 17.3 Å². The topological polar surface area (TPSA) is 78.0 Å². The van der Waals surface area contributed by atoms with Crippen LogP contribution in [0.3, 0.4) is 0 Å². The summed E-state index contributed by atoms with van der Waals surface area (Å²) < 4.78 is 13.6. The van der Waals surface area contributed by atoms with Crippen LogP contribution in [0, 0.1) is 19.7 Å². The van der Waals surface area contributed by atoms with Crippen molar-refractivity contribution in [2.75, 3.05) is 5.32 Å². The molecule has 0 spiro atoms. The van der Waals surface area contributed by atoms with Crippen molar-refractivity contribution in [3.63, 3.8) is 0 Å². The maximum Gasteiger partial charge on any atom is 0.273 e. The standard InChI is InChI=1S/C18H16FN3O2/c1-10-7-11(2)17(23)12(8-10)15-9-16(22-21-15)18(24)20-14-6-4-3-5-13(14)19/h3-9,23H,1-2H3,(H,20,24)(H,21,22). The number of rotatable bonds is 3. The summed E-state index contributed by atoms with van der Waals surface area (Å²) in [4.78, 5) is 12.2. The minimum Gasteiger partial charge on any atom is -0.507 e. The number of hydrogen-bond acceptors (Lipinski definition) is 3. The number of aromatic amines is 1. The molecule has 3 aromatic rings. The van der Waals surface area contributed by atoms with Gasteiger partial charge in [0, 0.05) is 5.56 Å². The molecule has 0 saturated heterocycles. The smallest absolute Gasteiger partial charge is 0.273 e. The summed E-state index contributed by atoms with van der Waals surface area (Å²) in [6.07, 6.45) is 0. The molecule has 0 aliphatic carbocycles. The Morgan fingerprint density at radius 2 is 1.96 bits per heavy atom. The van der Waals surface area contributed by atoms with E-state index in [-0.39, 0.29) is 17.1 Å². The zero-order chi connectivity index (χ0) is 17.3. The van der Waals surface area contributed by atoms with E-state index in [1.807, 2.05) is 13.0 Å². The van der Waals surface area contributed by atoms with Crippen molar-refractivity contribution in [1.29, 1.82) is 0 Å². The molecule has 1 amide bonds. The van der Waals surface area contributed by atoms with Gasteiger partial charge in [-0.1, -0.05) is 18.2 Å². The SMILES string of the molecule is Cc1cc(C)c(O)c(-c2cc(C(=O)Nc3ccccc3F)[nH]n2)c1. The van der Waals surface area contributed by atoms with Gasteiger partial charge in [-0.05, 0) is 49.2 Å². The normalized spacial score (nSPS) is 10.6. The fraction of sp³-hybridized carbons (Fsp3) is 0.111. The van der Waals surface area contributed by atoms with Crippen LogP contribution in [0.15, 0.2) is 42.5 Å². The second-order valence-electron chi connectivity index (χ2n) is 5.58. The molecule has 24 heavy (non-hydrogen) atoms. The number of benzene rings is 2. The van der Waals surface area contributed by atoms with Crippen LogP contribution in [-0.4, -0.2) is 21.2 Å². The maximum absolute atomic E-state index is 13.6. The fourth-order valence-electron chi connectivity index (χ4n) is 2.48. The van der Waals surface area contributed by atoms with Crippen molar-refractivity contribution in [1.82, 2.24) is 10.2 Å². The Bertz CT molecular complexity index is 918. The molecule has 0 aliphatic rings. The number of carbonyl (C=O) groups excluding carboxylic acids is 1. The third-order valence-corrected chi connectivity index (χ3v) is 3.67. The molecule has 0 radical (unpaired) electrons. The number of amides is 1. The first-order valence-corrected chi connectivity index (χ1v) is 7.37. The first kappa shape index (κ1) is 15.7. The summed E-state index contributed by atoms with van der Waals surface area (Å²) in [7, 11) is 0. The van der Waals surface area contributed by atoms with Gasteiger partial charge in [0.25, 0.3) is 5.91 Å². The second-order valence-corrected chi connectivity index (χ2v) is 5.58. The number of phenols is 1. The van der Waals surface area contributed by atoms with E-state index in [4.69, 9.17) is 0 Å². The summed E-state index contributed by atoms with van der Waals surface area (Å²) in [5.41, 5.74) is 2.94. The number of anilines is 1. The Morgan fingerprint density at radius 1 is 1.21 bits per heavy atom. The average Bonchev–Trinajstić information content (AvgIpc) is 3.03. The lowest BCUT2D eigenvalue weighted by molar-refractivity contribution is 0.102. The third kappa shape index (κ3) is 2.99. The molecule has 0 aliphatic heterocycles.